The highest BCUT2D eigenvalue weighted by molar-refractivity contribution is 7.07. The highest BCUT2D eigenvalue weighted by Gasteiger charge is 2.12. The number of hydrogen-bond acceptors (Lipinski definition) is 4. The zero-order valence-corrected chi connectivity index (χ0v) is 20.7. The summed E-state index contributed by atoms with van der Waals surface area (Å²) in [5.41, 5.74) is 3.39. The predicted molar refractivity (Wildman–Crippen MR) is 136 cm³/mol. The first-order chi connectivity index (χ1) is 15.8. The number of nitro groups is 1. The van der Waals surface area contributed by atoms with E-state index in [1.54, 1.807) is 42.5 Å². The van der Waals surface area contributed by atoms with Crippen LogP contribution in [0.5, 0.6) is 0 Å². The molecule has 0 aliphatic rings. The molecule has 1 heterocycles. The van der Waals surface area contributed by atoms with Gasteiger partial charge in [-0.15, -0.1) is 11.3 Å². The van der Waals surface area contributed by atoms with Gasteiger partial charge in [-0.2, -0.15) is 0 Å². The van der Waals surface area contributed by atoms with Crippen LogP contribution in [0.15, 0.2) is 71.0 Å². The Morgan fingerprint density at radius 2 is 1.67 bits per heavy atom. The topological polar surface area (TPSA) is 60.4 Å². The number of nitrogens with zero attached hydrogens (tertiary/aromatic N) is 3. The van der Waals surface area contributed by atoms with E-state index in [1.807, 2.05) is 11.4 Å². The number of hydrogen-bond donors (Lipinski definition) is 0. The van der Waals surface area contributed by atoms with Crippen LogP contribution in [-0.4, -0.2) is 9.49 Å². The van der Waals surface area contributed by atoms with Gasteiger partial charge in [0.1, 0.15) is 0 Å². The molecule has 5 nitrogen and oxygen atoms in total. The molecule has 33 heavy (non-hydrogen) atoms. The van der Waals surface area contributed by atoms with E-state index in [1.165, 1.54) is 23.5 Å². The molecule has 3 aromatic carbocycles. The molecule has 4 rings (SSSR count). The van der Waals surface area contributed by atoms with Crippen LogP contribution in [0.3, 0.4) is 0 Å². The maximum atomic E-state index is 11.0. The van der Waals surface area contributed by atoms with Crippen molar-refractivity contribution in [2.75, 3.05) is 0 Å². The molecule has 0 spiro atoms. The van der Waals surface area contributed by atoms with E-state index in [0.717, 1.165) is 21.6 Å². The van der Waals surface area contributed by atoms with Crippen molar-refractivity contribution in [3.8, 4) is 11.3 Å². The van der Waals surface area contributed by atoms with Crippen molar-refractivity contribution in [1.82, 2.24) is 4.57 Å². The average molecular weight is 539 g/mol. The first-order valence-electron chi connectivity index (χ1n) is 9.68. The van der Waals surface area contributed by atoms with E-state index in [2.05, 4.69) is 4.57 Å². The zero-order chi connectivity index (χ0) is 23.5. The lowest BCUT2D eigenvalue weighted by atomic mass is 10.1. The van der Waals surface area contributed by atoms with Gasteiger partial charge in [-0.25, -0.2) is 4.99 Å². The second kappa shape index (κ2) is 10.3. The van der Waals surface area contributed by atoms with Crippen LogP contribution in [0, 0.1) is 10.1 Å². The zero-order valence-electron chi connectivity index (χ0n) is 16.8. The lowest BCUT2D eigenvalue weighted by Gasteiger charge is -2.11. The Labute approximate surface area is 213 Å². The van der Waals surface area contributed by atoms with Crippen molar-refractivity contribution in [3.05, 3.63) is 107 Å². The Morgan fingerprint density at radius 3 is 2.33 bits per heavy atom. The van der Waals surface area contributed by atoms with Gasteiger partial charge in [-0.1, -0.05) is 52.5 Å². The summed E-state index contributed by atoms with van der Waals surface area (Å²) in [6.07, 6.45) is 0.640. The van der Waals surface area contributed by atoms with Crippen LogP contribution < -0.4 is 4.80 Å². The maximum Gasteiger partial charge on any atom is 0.269 e. The summed E-state index contributed by atoms with van der Waals surface area (Å²) >= 11 is 26.0. The largest absolute Gasteiger partial charge is 0.316 e. The number of aryl methyl sites for hydroxylation is 1. The van der Waals surface area contributed by atoms with E-state index in [0.29, 0.717) is 38.7 Å². The molecular weight excluding hydrogens is 524 g/mol. The van der Waals surface area contributed by atoms with E-state index in [4.69, 9.17) is 51.4 Å². The molecule has 0 bridgehead atoms. The van der Waals surface area contributed by atoms with Gasteiger partial charge in [0.25, 0.3) is 5.69 Å². The fourth-order valence-electron chi connectivity index (χ4n) is 3.24. The fraction of sp³-hybridized carbons (Fsp3) is 0.0870. The van der Waals surface area contributed by atoms with Crippen molar-refractivity contribution in [2.45, 2.75) is 13.0 Å². The van der Waals surface area contributed by atoms with Crippen molar-refractivity contribution >= 4 is 69.1 Å². The van der Waals surface area contributed by atoms with Gasteiger partial charge < -0.3 is 4.57 Å². The summed E-state index contributed by atoms with van der Waals surface area (Å²) in [5.74, 6) is 0. The molecule has 1 aromatic heterocycles. The Morgan fingerprint density at radius 1 is 0.909 bits per heavy atom. The lowest BCUT2D eigenvalue weighted by Crippen LogP contribution is -2.17. The molecule has 0 amide bonds. The Hall–Kier alpha value is -2.35. The van der Waals surface area contributed by atoms with Crippen molar-refractivity contribution in [3.63, 3.8) is 0 Å². The Bertz CT molecular complexity index is 1400. The molecule has 0 unspecified atom stereocenters. The average Bonchev–Trinajstić information content (AvgIpc) is 3.18. The Balaban J connectivity index is 1.77. The first-order valence-corrected chi connectivity index (χ1v) is 12.1. The van der Waals surface area contributed by atoms with Crippen molar-refractivity contribution < 1.29 is 4.92 Å². The SMILES string of the molecule is O=[N+]([O-])c1ccc(-c2csc(=Nc3ccc(Cl)c(Cl)c3)n2CCc2ccc(Cl)cc2Cl)cc1. The van der Waals surface area contributed by atoms with Gasteiger partial charge in [0, 0.05) is 34.1 Å². The summed E-state index contributed by atoms with van der Waals surface area (Å²) in [6.45, 7) is 0.581. The van der Waals surface area contributed by atoms with E-state index in [9.17, 15) is 10.1 Å². The number of benzene rings is 3. The predicted octanol–water partition coefficient (Wildman–Crippen LogP) is 8.21. The molecule has 0 saturated heterocycles. The number of aromatic nitrogens is 1. The van der Waals surface area contributed by atoms with Crippen LogP contribution in [-0.2, 0) is 13.0 Å². The first kappa shape index (κ1) is 23.8. The summed E-state index contributed by atoms with van der Waals surface area (Å²) in [6, 6.07) is 17.1. The highest BCUT2D eigenvalue weighted by Crippen LogP contribution is 2.28. The summed E-state index contributed by atoms with van der Waals surface area (Å²) in [4.78, 5) is 16.1. The van der Waals surface area contributed by atoms with Crippen molar-refractivity contribution in [2.24, 2.45) is 4.99 Å². The number of halogens is 4. The number of rotatable bonds is 6. The van der Waals surface area contributed by atoms with Crippen LogP contribution in [0.4, 0.5) is 11.4 Å². The summed E-state index contributed by atoms with van der Waals surface area (Å²) < 4.78 is 2.05. The van der Waals surface area contributed by atoms with Gasteiger partial charge in [-0.3, -0.25) is 10.1 Å². The van der Waals surface area contributed by atoms with E-state index in [-0.39, 0.29) is 5.69 Å². The normalized spacial score (nSPS) is 11.7. The molecule has 0 saturated carbocycles. The smallest absolute Gasteiger partial charge is 0.269 e. The number of thiazole rings is 1. The third-order valence-corrected chi connectivity index (χ3v) is 7.11. The Kier molecular flexibility index (Phi) is 7.41. The molecule has 168 valence electrons. The molecule has 0 aliphatic heterocycles. The molecule has 0 aliphatic carbocycles. The van der Waals surface area contributed by atoms with Crippen LogP contribution in [0.2, 0.25) is 20.1 Å². The minimum absolute atomic E-state index is 0.0363. The highest BCUT2D eigenvalue weighted by atomic mass is 35.5. The third-order valence-electron chi connectivity index (χ3n) is 4.92. The molecule has 10 heteroatoms. The van der Waals surface area contributed by atoms with Gasteiger partial charge in [0.2, 0.25) is 0 Å². The second-order valence-electron chi connectivity index (χ2n) is 7.06. The third kappa shape index (κ3) is 5.60. The van der Waals surface area contributed by atoms with Crippen LogP contribution >= 0.6 is 57.7 Å². The lowest BCUT2D eigenvalue weighted by molar-refractivity contribution is -0.384. The summed E-state index contributed by atoms with van der Waals surface area (Å²) in [7, 11) is 0. The van der Waals surface area contributed by atoms with Gasteiger partial charge in [0.15, 0.2) is 4.80 Å². The van der Waals surface area contributed by atoms with Crippen molar-refractivity contribution in [1.29, 1.82) is 0 Å². The summed E-state index contributed by atoms with van der Waals surface area (Å²) in [5, 5.41) is 15.1. The molecule has 0 N–H and O–H groups in total. The van der Waals surface area contributed by atoms with Gasteiger partial charge in [-0.05, 0) is 60.0 Å². The quantitative estimate of drug-likeness (QED) is 0.183. The van der Waals surface area contributed by atoms with Crippen LogP contribution in [0.25, 0.3) is 11.3 Å². The minimum atomic E-state index is -0.418. The van der Waals surface area contributed by atoms with Gasteiger partial charge in [0.05, 0.1) is 26.3 Å². The second-order valence-corrected chi connectivity index (χ2v) is 9.55. The van der Waals surface area contributed by atoms with Crippen LogP contribution in [0.1, 0.15) is 5.56 Å². The number of nitro benzene ring substituents is 1. The minimum Gasteiger partial charge on any atom is -0.316 e. The van der Waals surface area contributed by atoms with E-state index < -0.39 is 4.92 Å². The fourth-order valence-corrected chi connectivity index (χ4v) is 4.99. The number of non-ortho nitro benzene ring substituents is 1. The maximum absolute atomic E-state index is 11.0. The molecule has 0 radical (unpaired) electrons. The van der Waals surface area contributed by atoms with Gasteiger partial charge >= 0.3 is 0 Å². The molecule has 4 aromatic rings. The van der Waals surface area contributed by atoms with E-state index >= 15 is 0 Å². The molecular formula is C23H15Cl4N3O2S. The monoisotopic (exact) mass is 537 g/mol. The molecule has 0 fully saturated rings. The standard InChI is InChI=1S/C23H15Cl4N3O2S/c24-16-4-1-14(20(26)11-16)9-10-29-22(15-2-6-18(7-3-15)30(31)32)13-33-23(29)28-17-5-8-19(25)21(27)12-17/h1-8,11-13H,9-10H2. The molecule has 0 atom stereocenters.